The molecule has 2 aromatic rings. The maximum Gasteiger partial charge on any atom is 0.307 e. The molecule has 1 heterocycles. The summed E-state index contributed by atoms with van der Waals surface area (Å²) in [6.45, 7) is 3.80. The molecular formula is C19H20N2O4S. The maximum atomic E-state index is 12.5. The summed E-state index contributed by atoms with van der Waals surface area (Å²) in [7, 11) is 0. The molecule has 1 aromatic heterocycles. The zero-order valence-electron chi connectivity index (χ0n) is 14.5. The third kappa shape index (κ3) is 3.48. The van der Waals surface area contributed by atoms with E-state index in [1.54, 1.807) is 5.38 Å². The van der Waals surface area contributed by atoms with E-state index >= 15 is 0 Å². The fraction of sp³-hybridized carbons (Fsp3) is 0.316. The van der Waals surface area contributed by atoms with E-state index in [9.17, 15) is 19.5 Å². The lowest BCUT2D eigenvalue weighted by Gasteiger charge is -2.29. The molecule has 3 N–H and O–H groups in total. The molecule has 7 heteroatoms. The summed E-state index contributed by atoms with van der Waals surface area (Å²) in [6.07, 6.45) is 0.730. The van der Waals surface area contributed by atoms with Crippen molar-refractivity contribution in [3.05, 3.63) is 46.4 Å². The van der Waals surface area contributed by atoms with E-state index in [1.165, 1.54) is 11.3 Å². The number of hydrazine groups is 1. The molecule has 0 spiro atoms. The molecule has 0 bridgehead atoms. The van der Waals surface area contributed by atoms with Crippen molar-refractivity contribution in [1.29, 1.82) is 0 Å². The average molecular weight is 372 g/mol. The summed E-state index contributed by atoms with van der Waals surface area (Å²) >= 11 is 1.45. The number of carbonyl (C=O) groups excluding carboxylic acids is 2. The van der Waals surface area contributed by atoms with Gasteiger partial charge in [0.1, 0.15) is 0 Å². The molecule has 0 radical (unpaired) electrons. The van der Waals surface area contributed by atoms with E-state index < -0.39 is 29.6 Å². The van der Waals surface area contributed by atoms with Crippen LogP contribution < -0.4 is 10.9 Å². The fourth-order valence-corrected chi connectivity index (χ4v) is 4.20. The highest BCUT2D eigenvalue weighted by Gasteiger charge is 2.37. The van der Waals surface area contributed by atoms with Crippen LogP contribution in [0.5, 0.6) is 0 Å². The van der Waals surface area contributed by atoms with Crippen molar-refractivity contribution >= 4 is 39.2 Å². The van der Waals surface area contributed by atoms with Crippen LogP contribution in [0.1, 0.15) is 37.0 Å². The number of hydrogen-bond donors (Lipinski definition) is 3. The summed E-state index contributed by atoms with van der Waals surface area (Å²) in [5.74, 6) is -3.36. The van der Waals surface area contributed by atoms with Gasteiger partial charge in [0.2, 0.25) is 5.91 Å². The number of carboxylic acid groups (broad SMARTS) is 1. The molecule has 2 atom stereocenters. The van der Waals surface area contributed by atoms with Crippen LogP contribution in [0.25, 0.3) is 10.1 Å². The molecular weight excluding hydrogens is 352 g/mol. The highest BCUT2D eigenvalue weighted by atomic mass is 32.1. The predicted octanol–water partition coefficient (Wildman–Crippen LogP) is 3.11. The Hall–Kier alpha value is -2.67. The number of hydrogen-bond acceptors (Lipinski definition) is 4. The first-order valence-electron chi connectivity index (χ1n) is 8.33. The second-order valence-electron chi connectivity index (χ2n) is 6.61. The lowest BCUT2D eigenvalue weighted by atomic mass is 9.76. The minimum absolute atomic E-state index is 0.350. The molecule has 1 aromatic carbocycles. The van der Waals surface area contributed by atoms with Crippen LogP contribution in [-0.4, -0.2) is 22.9 Å². The first kappa shape index (κ1) is 18.1. The molecule has 6 nitrogen and oxygen atoms in total. The van der Waals surface area contributed by atoms with E-state index in [0.29, 0.717) is 18.4 Å². The quantitative estimate of drug-likeness (QED) is 0.570. The molecule has 1 aliphatic rings. The van der Waals surface area contributed by atoms with Gasteiger partial charge < -0.3 is 5.11 Å². The van der Waals surface area contributed by atoms with E-state index in [-0.39, 0.29) is 0 Å². The lowest BCUT2D eigenvalue weighted by molar-refractivity contribution is -0.147. The van der Waals surface area contributed by atoms with Crippen LogP contribution in [0, 0.1) is 11.8 Å². The third-order valence-corrected chi connectivity index (χ3v) is 5.91. The second-order valence-corrected chi connectivity index (χ2v) is 7.52. The van der Waals surface area contributed by atoms with Crippen LogP contribution in [0.3, 0.4) is 0 Å². The van der Waals surface area contributed by atoms with Crippen molar-refractivity contribution in [2.24, 2.45) is 11.8 Å². The Bertz CT molecular complexity index is 915. The van der Waals surface area contributed by atoms with E-state index in [1.807, 2.05) is 38.1 Å². The molecule has 26 heavy (non-hydrogen) atoms. The number of carboxylic acids is 1. The number of rotatable bonds is 3. The van der Waals surface area contributed by atoms with Crippen LogP contribution in [-0.2, 0) is 9.59 Å². The number of allylic oxidation sites excluding steroid dienone is 2. The Morgan fingerprint density at radius 1 is 1.04 bits per heavy atom. The van der Waals surface area contributed by atoms with Crippen molar-refractivity contribution in [3.8, 4) is 0 Å². The second kappa shape index (κ2) is 7.29. The number of benzene rings is 1. The SMILES string of the molecule is CC1=C(C)C[C@H](C(=O)NNC(=O)c2csc3ccccc23)[C@@H](C(=O)O)C1. The molecule has 3 rings (SSSR count). The zero-order chi connectivity index (χ0) is 18.8. The normalized spacial score (nSPS) is 20.1. The number of fused-ring (bicyclic) bond motifs is 1. The minimum Gasteiger partial charge on any atom is -0.481 e. The highest BCUT2D eigenvalue weighted by Crippen LogP contribution is 2.34. The van der Waals surface area contributed by atoms with Crippen molar-refractivity contribution < 1.29 is 19.5 Å². The van der Waals surface area contributed by atoms with E-state index in [0.717, 1.165) is 21.2 Å². The number of aliphatic carboxylic acids is 1. The Kier molecular flexibility index (Phi) is 5.08. The summed E-state index contributed by atoms with van der Waals surface area (Å²) < 4.78 is 0.985. The van der Waals surface area contributed by atoms with Crippen LogP contribution >= 0.6 is 11.3 Å². The summed E-state index contributed by atoms with van der Waals surface area (Å²) in [5, 5.41) is 12.0. The average Bonchev–Trinajstić information content (AvgIpc) is 3.05. The van der Waals surface area contributed by atoms with Crippen LogP contribution in [0.15, 0.2) is 40.8 Å². The van der Waals surface area contributed by atoms with Gasteiger partial charge in [-0.25, -0.2) is 0 Å². The minimum atomic E-state index is -0.993. The molecule has 136 valence electrons. The number of thiophene rings is 1. The van der Waals surface area contributed by atoms with Gasteiger partial charge in [-0.3, -0.25) is 25.2 Å². The predicted molar refractivity (Wildman–Crippen MR) is 99.7 cm³/mol. The van der Waals surface area contributed by atoms with Gasteiger partial charge >= 0.3 is 5.97 Å². The number of nitrogens with one attached hydrogen (secondary N) is 2. The van der Waals surface area contributed by atoms with Gasteiger partial charge in [-0.1, -0.05) is 29.3 Å². The largest absolute Gasteiger partial charge is 0.481 e. The fourth-order valence-electron chi connectivity index (χ4n) is 3.26. The highest BCUT2D eigenvalue weighted by molar-refractivity contribution is 7.17. The van der Waals surface area contributed by atoms with Gasteiger partial charge in [0.15, 0.2) is 0 Å². The lowest BCUT2D eigenvalue weighted by Crippen LogP contribution is -2.48. The molecule has 0 saturated heterocycles. The third-order valence-electron chi connectivity index (χ3n) is 4.95. The molecule has 0 fully saturated rings. The van der Waals surface area contributed by atoms with Crippen LogP contribution in [0.4, 0.5) is 0 Å². The van der Waals surface area contributed by atoms with Gasteiger partial charge in [0.25, 0.3) is 5.91 Å². The van der Waals surface area contributed by atoms with Gasteiger partial charge in [0.05, 0.1) is 17.4 Å². The first-order valence-corrected chi connectivity index (χ1v) is 9.21. The van der Waals surface area contributed by atoms with Gasteiger partial charge in [-0.05, 0) is 32.8 Å². The van der Waals surface area contributed by atoms with Gasteiger partial charge in [0, 0.05) is 15.5 Å². The topological polar surface area (TPSA) is 95.5 Å². The van der Waals surface area contributed by atoms with E-state index in [2.05, 4.69) is 10.9 Å². The first-order chi connectivity index (χ1) is 12.4. The number of carbonyl (C=O) groups is 3. The molecule has 2 amide bonds. The van der Waals surface area contributed by atoms with E-state index in [4.69, 9.17) is 0 Å². The Labute approximate surface area is 154 Å². The van der Waals surface area contributed by atoms with Gasteiger partial charge in [-0.2, -0.15) is 0 Å². The summed E-state index contributed by atoms with van der Waals surface area (Å²) in [4.78, 5) is 36.4. The summed E-state index contributed by atoms with van der Waals surface area (Å²) in [5.41, 5.74) is 7.34. The van der Waals surface area contributed by atoms with Crippen LogP contribution in [0.2, 0.25) is 0 Å². The Morgan fingerprint density at radius 2 is 1.69 bits per heavy atom. The molecule has 0 saturated carbocycles. The zero-order valence-corrected chi connectivity index (χ0v) is 15.4. The van der Waals surface area contributed by atoms with Gasteiger partial charge in [-0.15, -0.1) is 11.3 Å². The molecule has 0 unspecified atom stereocenters. The summed E-state index contributed by atoms with van der Waals surface area (Å²) in [6, 6.07) is 7.52. The smallest absolute Gasteiger partial charge is 0.307 e. The number of amides is 2. The molecule has 0 aliphatic heterocycles. The van der Waals surface area contributed by atoms with Crippen molar-refractivity contribution in [2.75, 3.05) is 0 Å². The standard InChI is InChI=1S/C19H20N2O4S/c1-10-7-13(14(19(24)25)8-11(10)2)17(22)20-21-18(23)15-9-26-16-6-4-3-5-12(15)16/h3-6,9,13-14H,7-8H2,1-2H3,(H,20,22)(H,21,23)(H,24,25)/t13-,14-/m0/s1. The Morgan fingerprint density at radius 3 is 2.38 bits per heavy atom. The monoisotopic (exact) mass is 372 g/mol. The maximum absolute atomic E-state index is 12.5. The molecule has 1 aliphatic carbocycles. The van der Waals surface area contributed by atoms with Crippen molar-refractivity contribution in [1.82, 2.24) is 10.9 Å². The Balaban J connectivity index is 1.70. The van der Waals surface area contributed by atoms with Crippen molar-refractivity contribution in [2.45, 2.75) is 26.7 Å². The van der Waals surface area contributed by atoms with Crippen molar-refractivity contribution in [3.63, 3.8) is 0 Å².